The van der Waals surface area contributed by atoms with Gasteiger partial charge in [-0.15, -0.1) is 11.7 Å². The summed E-state index contributed by atoms with van der Waals surface area (Å²) in [5, 5.41) is 18.5. The number of carboxylic acid groups (broad SMARTS) is 1. The number of nitrogens with one attached hydrogen (secondary N) is 1. The molecule has 7 nitrogen and oxygen atoms in total. The molecule has 0 fully saturated rings. The predicted molar refractivity (Wildman–Crippen MR) is 59.0 cm³/mol. The van der Waals surface area contributed by atoms with Crippen LogP contribution < -0.4 is 5.32 Å². The van der Waals surface area contributed by atoms with Crippen molar-refractivity contribution in [2.75, 3.05) is 0 Å². The molecule has 0 aromatic carbocycles. The normalized spacial score (nSPS) is 11.8. The topological polar surface area (TPSA) is 97.1 Å². The SMILES string of the molecule is C=CCC(NC(=O)CCn1ccnn1)C(=O)O. The molecule has 0 aliphatic heterocycles. The molecule has 1 atom stereocenters. The average Bonchev–Trinajstić information content (AvgIpc) is 2.78. The molecule has 1 aromatic heterocycles. The minimum Gasteiger partial charge on any atom is -0.480 e. The number of nitrogens with zero attached hydrogens (tertiary/aromatic N) is 3. The number of carbonyl (C=O) groups is 2. The van der Waals surface area contributed by atoms with Gasteiger partial charge in [-0.3, -0.25) is 9.48 Å². The van der Waals surface area contributed by atoms with Crippen molar-refractivity contribution < 1.29 is 14.7 Å². The molecule has 1 aromatic rings. The maximum Gasteiger partial charge on any atom is 0.326 e. The summed E-state index contributed by atoms with van der Waals surface area (Å²) < 4.78 is 1.50. The Labute approximate surface area is 98.1 Å². The third-order valence-electron chi connectivity index (χ3n) is 2.08. The Morgan fingerprint density at radius 1 is 1.59 bits per heavy atom. The maximum absolute atomic E-state index is 11.5. The second-order valence-corrected chi connectivity index (χ2v) is 3.40. The second-order valence-electron chi connectivity index (χ2n) is 3.40. The lowest BCUT2D eigenvalue weighted by Crippen LogP contribution is -2.40. The van der Waals surface area contributed by atoms with Crippen LogP contribution >= 0.6 is 0 Å². The van der Waals surface area contributed by atoms with Gasteiger partial charge in [0, 0.05) is 12.6 Å². The molecule has 1 amide bonds. The van der Waals surface area contributed by atoms with Gasteiger partial charge in [0.1, 0.15) is 6.04 Å². The fraction of sp³-hybridized carbons (Fsp3) is 0.400. The van der Waals surface area contributed by atoms with Crippen molar-refractivity contribution in [1.82, 2.24) is 20.3 Å². The molecular weight excluding hydrogens is 224 g/mol. The Morgan fingerprint density at radius 2 is 2.35 bits per heavy atom. The molecule has 0 radical (unpaired) electrons. The highest BCUT2D eigenvalue weighted by Gasteiger charge is 2.17. The Balaban J connectivity index is 2.37. The van der Waals surface area contributed by atoms with E-state index >= 15 is 0 Å². The molecule has 0 aliphatic rings. The van der Waals surface area contributed by atoms with Crippen LogP contribution in [0.5, 0.6) is 0 Å². The molecule has 1 unspecified atom stereocenters. The van der Waals surface area contributed by atoms with Gasteiger partial charge in [0.05, 0.1) is 12.7 Å². The van der Waals surface area contributed by atoms with E-state index in [4.69, 9.17) is 5.11 Å². The average molecular weight is 238 g/mol. The molecule has 92 valence electrons. The number of aryl methyl sites for hydroxylation is 1. The van der Waals surface area contributed by atoms with Gasteiger partial charge in [0.15, 0.2) is 0 Å². The van der Waals surface area contributed by atoms with Crippen LogP contribution in [0.25, 0.3) is 0 Å². The third kappa shape index (κ3) is 4.45. The lowest BCUT2D eigenvalue weighted by atomic mass is 10.2. The molecular formula is C10H14N4O3. The van der Waals surface area contributed by atoms with E-state index in [2.05, 4.69) is 22.2 Å². The van der Waals surface area contributed by atoms with Gasteiger partial charge >= 0.3 is 5.97 Å². The van der Waals surface area contributed by atoms with E-state index in [-0.39, 0.29) is 18.7 Å². The molecule has 1 rings (SSSR count). The fourth-order valence-electron chi connectivity index (χ4n) is 1.22. The van der Waals surface area contributed by atoms with Crippen LogP contribution in [-0.2, 0) is 16.1 Å². The van der Waals surface area contributed by atoms with Crippen LogP contribution in [0, 0.1) is 0 Å². The van der Waals surface area contributed by atoms with Crippen molar-refractivity contribution >= 4 is 11.9 Å². The van der Waals surface area contributed by atoms with E-state index in [0.29, 0.717) is 6.54 Å². The Hall–Kier alpha value is -2.18. The first kappa shape index (κ1) is 12.9. The van der Waals surface area contributed by atoms with Crippen LogP contribution in [0.1, 0.15) is 12.8 Å². The summed E-state index contributed by atoms with van der Waals surface area (Å²) in [6.07, 6.45) is 4.95. The van der Waals surface area contributed by atoms with Gasteiger partial charge in [-0.25, -0.2) is 4.79 Å². The molecule has 1 heterocycles. The molecule has 0 saturated heterocycles. The van der Waals surface area contributed by atoms with Crippen molar-refractivity contribution in [3.05, 3.63) is 25.0 Å². The van der Waals surface area contributed by atoms with E-state index in [9.17, 15) is 9.59 Å². The molecule has 0 saturated carbocycles. The van der Waals surface area contributed by atoms with Crippen molar-refractivity contribution in [2.24, 2.45) is 0 Å². The lowest BCUT2D eigenvalue weighted by Gasteiger charge is -2.12. The highest BCUT2D eigenvalue weighted by Crippen LogP contribution is 1.95. The van der Waals surface area contributed by atoms with Gasteiger partial charge in [-0.2, -0.15) is 0 Å². The largest absolute Gasteiger partial charge is 0.480 e. The summed E-state index contributed by atoms with van der Waals surface area (Å²) in [5.74, 6) is -1.41. The van der Waals surface area contributed by atoms with Crippen molar-refractivity contribution in [3.63, 3.8) is 0 Å². The van der Waals surface area contributed by atoms with Crippen LogP contribution in [0.3, 0.4) is 0 Å². The van der Waals surface area contributed by atoms with E-state index in [0.717, 1.165) is 0 Å². The van der Waals surface area contributed by atoms with Gasteiger partial charge in [0.25, 0.3) is 0 Å². The van der Waals surface area contributed by atoms with E-state index in [1.807, 2.05) is 0 Å². The van der Waals surface area contributed by atoms with Crippen molar-refractivity contribution in [1.29, 1.82) is 0 Å². The molecule has 2 N–H and O–H groups in total. The van der Waals surface area contributed by atoms with Crippen LogP contribution in [0.15, 0.2) is 25.0 Å². The molecule has 0 aliphatic carbocycles. The number of hydrogen-bond acceptors (Lipinski definition) is 4. The van der Waals surface area contributed by atoms with Gasteiger partial charge in [0.2, 0.25) is 5.91 Å². The Kier molecular flexibility index (Phi) is 4.86. The number of rotatable bonds is 7. The first-order valence-corrected chi connectivity index (χ1v) is 5.10. The first-order valence-electron chi connectivity index (χ1n) is 5.10. The van der Waals surface area contributed by atoms with E-state index < -0.39 is 12.0 Å². The lowest BCUT2D eigenvalue weighted by molar-refractivity contribution is -0.141. The summed E-state index contributed by atoms with van der Waals surface area (Å²) in [4.78, 5) is 22.2. The smallest absolute Gasteiger partial charge is 0.326 e. The standard InChI is InChI=1S/C10H14N4O3/c1-2-3-8(10(16)17)12-9(15)4-6-14-7-5-11-13-14/h2,5,7-8H,1,3-4,6H2,(H,12,15)(H,16,17). The number of amides is 1. The van der Waals surface area contributed by atoms with E-state index in [1.54, 1.807) is 6.20 Å². The van der Waals surface area contributed by atoms with Crippen molar-refractivity contribution in [2.45, 2.75) is 25.4 Å². The fourth-order valence-corrected chi connectivity index (χ4v) is 1.22. The monoisotopic (exact) mass is 238 g/mol. The molecule has 7 heteroatoms. The summed E-state index contributed by atoms with van der Waals surface area (Å²) in [6.45, 7) is 3.81. The summed E-state index contributed by atoms with van der Waals surface area (Å²) in [6, 6.07) is -0.921. The van der Waals surface area contributed by atoms with Gasteiger partial charge < -0.3 is 10.4 Å². The number of carboxylic acids is 1. The zero-order valence-electron chi connectivity index (χ0n) is 9.24. The Bertz CT molecular complexity index is 388. The van der Waals surface area contributed by atoms with E-state index in [1.165, 1.54) is 17.0 Å². The summed E-state index contributed by atoms with van der Waals surface area (Å²) in [5.41, 5.74) is 0. The highest BCUT2D eigenvalue weighted by atomic mass is 16.4. The first-order chi connectivity index (χ1) is 8.13. The number of aliphatic carboxylic acids is 1. The second kappa shape index (κ2) is 6.41. The number of hydrogen-bond donors (Lipinski definition) is 2. The minimum atomic E-state index is -1.07. The predicted octanol–water partition coefficient (Wildman–Crippen LogP) is -0.186. The zero-order chi connectivity index (χ0) is 12.7. The highest BCUT2D eigenvalue weighted by molar-refractivity contribution is 5.83. The minimum absolute atomic E-state index is 0.157. The van der Waals surface area contributed by atoms with Crippen LogP contribution in [0.4, 0.5) is 0 Å². The van der Waals surface area contributed by atoms with Crippen LogP contribution in [-0.4, -0.2) is 38.0 Å². The molecule has 0 spiro atoms. The number of aromatic nitrogens is 3. The third-order valence-corrected chi connectivity index (χ3v) is 2.08. The number of carbonyl (C=O) groups excluding carboxylic acids is 1. The van der Waals surface area contributed by atoms with Crippen LogP contribution in [0.2, 0.25) is 0 Å². The molecule has 17 heavy (non-hydrogen) atoms. The summed E-state index contributed by atoms with van der Waals surface area (Å²) in [7, 11) is 0. The summed E-state index contributed by atoms with van der Waals surface area (Å²) >= 11 is 0. The Morgan fingerprint density at radius 3 is 2.88 bits per heavy atom. The van der Waals surface area contributed by atoms with Crippen molar-refractivity contribution in [3.8, 4) is 0 Å². The maximum atomic E-state index is 11.5. The van der Waals surface area contributed by atoms with Gasteiger partial charge in [-0.05, 0) is 6.42 Å². The molecule has 0 bridgehead atoms. The zero-order valence-corrected chi connectivity index (χ0v) is 9.24. The van der Waals surface area contributed by atoms with Gasteiger partial charge in [-0.1, -0.05) is 11.3 Å². The quantitative estimate of drug-likeness (QED) is 0.642.